The third-order valence-electron chi connectivity index (χ3n) is 7.26. The van der Waals surface area contributed by atoms with Gasteiger partial charge in [0.15, 0.2) is 0 Å². The van der Waals surface area contributed by atoms with Crippen LogP contribution in [0.4, 0.5) is 17.6 Å². The molecule has 42 heavy (non-hydrogen) atoms. The Bertz CT molecular complexity index is 1610. The molecule has 0 saturated heterocycles. The lowest BCUT2D eigenvalue weighted by Crippen LogP contribution is -2.39. The molecule has 2 heterocycles. The predicted molar refractivity (Wildman–Crippen MR) is 148 cm³/mol. The van der Waals surface area contributed by atoms with Crippen molar-refractivity contribution in [3.63, 3.8) is 0 Å². The lowest BCUT2D eigenvalue weighted by molar-refractivity contribution is -0.134. The molecule has 2 aromatic heterocycles. The van der Waals surface area contributed by atoms with Crippen molar-refractivity contribution in [3.8, 4) is 22.5 Å². The van der Waals surface area contributed by atoms with E-state index in [-0.39, 0.29) is 40.1 Å². The number of alkyl halides is 3. The molecule has 0 spiro atoms. The zero-order valence-corrected chi connectivity index (χ0v) is 23.0. The van der Waals surface area contributed by atoms with Gasteiger partial charge in [-0.1, -0.05) is 12.1 Å². The molecule has 2 N–H and O–H groups in total. The van der Waals surface area contributed by atoms with Gasteiger partial charge in [-0.3, -0.25) is 9.59 Å². The van der Waals surface area contributed by atoms with Crippen molar-refractivity contribution in [2.24, 2.45) is 5.92 Å². The Morgan fingerprint density at radius 1 is 1.07 bits per heavy atom. The standard InChI is InChI=1S/C31H29F4N3O4/c1-36-29(40)26-23-15-22(19-4-3-5-20(14-19)28(39)37-25(16-41-2)17-6-7-17)24(12-13-31(33,34)35)38-30(23)42-27(26)18-8-10-21(32)11-9-18/h3-5,8-11,14-15,17,25H,6-7,12-13,16H2,1-2H3,(H,36,40)(H,37,39)/t25-/m0/s1. The smallest absolute Gasteiger partial charge is 0.389 e. The van der Waals surface area contributed by atoms with Gasteiger partial charge in [0.1, 0.15) is 11.6 Å². The Hall–Kier alpha value is -4.25. The zero-order valence-electron chi connectivity index (χ0n) is 23.0. The van der Waals surface area contributed by atoms with Crippen molar-refractivity contribution in [1.82, 2.24) is 15.6 Å². The van der Waals surface area contributed by atoms with E-state index in [1.807, 2.05) is 0 Å². The quantitative estimate of drug-likeness (QED) is 0.214. The fourth-order valence-electron chi connectivity index (χ4n) is 4.97. The van der Waals surface area contributed by atoms with E-state index >= 15 is 0 Å². The zero-order chi connectivity index (χ0) is 30.0. The summed E-state index contributed by atoms with van der Waals surface area (Å²) in [4.78, 5) is 30.6. The fourth-order valence-corrected chi connectivity index (χ4v) is 4.97. The molecule has 2 amide bonds. The van der Waals surface area contributed by atoms with Crippen LogP contribution in [0.3, 0.4) is 0 Å². The maximum absolute atomic E-state index is 13.6. The van der Waals surface area contributed by atoms with Crippen LogP contribution in [0.1, 0.15) is 45.7 Å². The van der Waals surface area contributed by atoms with Gasteiger partial charge in [0.05, 0.1) is 29.3 Å². The summed E-state index contributed by atoms with van der Waals surface area (Å²) >= 11 is 0. The number of pyridine rings is 1. The maximum atomic E-state index is 13.6. The minimum Gasteiger partial charge on any atom is -0.437 e. The Kier molecular flexibility index (Phi) is 8.31. The summed E-state index contributed by atoms with van der Waals surface area (Å²) < 4.78 is 64.6. The first-order valence-electron chi connectivity index (χ1n) is 13.5. The van der Waals surface area contributed by atoms with Gasteiger partial charge >= 0.3 is 6.18 Å². The minimum atomic E-state index is -4.44. The summed E-state index contributed by atoms with van der Waals surface area (Å²) in [5.41, 5.74) is 1.67. The van der Waals surface area contributed by atoms with E-state index in [9.17, 15) is 27.2 Å². The van der Waals surface area contributed by atoms with Crippen LogP contribution in [0.15, 0.2) is 59.0 Å². The average molecular weight is 584 g/mol. The molecule has 4 aromatic rings. The third-order valence-corrected chi connectivity index (χ3v) is 7.26. The molecule has 5 rings (SSSR count). The highest BCUT2D eigenvalue weighted by molar-refractivity contribution is 6.11. The number of furan rings is 1. The maximum Gasteiger partial charge on any atom is 0.389 e. The second-order valence-electron chi connectivity index (χ2n) is 10.3. The van der Waals surface area contributed by atoms with E-state index in [0.29, 0.717) is 34.8 Å². The predicted octanol–water partition coefficient (Wildman–Crippen LogP) is 6.31. The Balaban J connectivity index is 1.62. The molecule has 0 radical (unpaired) electrons. The monoisotopic (exact) mass is 583 g/mol. The number of nitrogens with one attached hydrogen (secondary N) is 2. The van der Waals surface area contributed by atoms with Gasteiger partial charge < -0.3 is 19.8 Å². The van der Waals surface area contributed by atoms with Crippen LogP contribution in [0, 0.1) is 11.7 Å². The molecule has 1 fully saturated rings. The van der Waals surface area contributed by atoms with Crippen molar-refractivity contribution >= 4 is 22.9 Å². The van der Waals surface area contributed by atoms with E-state index in [2.05, 4.69) is 15.6 Å². The number of rotatable bonds is 10. The van der Waals surface area contributed by atoms with Crippen molar-refractivity contribution in [3.05, 3.63) is 77.2 Å². The third kappa shape index (κ3) is 6.46. The average Bonchev–Trinajstić information content (AvgIpc) is 3.75. The Morgan fingerprint density at radius 2 is 1.81 bits per heavy atom. The molecular weight excluding hydrogens is 554 g/mol. The van der Waals surface area contributed by atoms with E-state index < -0.39 is 30.7 Å². The number of amides is 2. The summed E-state index contributed by atoms with van der Waals surface area (Å²) in [7, 11) is 3.00. The van der Waals surface area contributed by atoms with Gasteiger partial charge in [-0.05, 0) is 73.2 Å². The number of aromatic nitrogens is 1. The van der Waals surface area contributed by atoms with E-state index in [1.54, 1.807) is 37.4 Å². The largest absolute Gasteiger partial charge is 0.437 e. The number of hydrogen-bond donors (Lipinski definition) is 2. The van der Waals surface area contributed by atoms with Crippen LogP contribution in [-0.2, 0) is 11.2 Å². The first-order valence-corrected chi connectivity index (χ1v) is 13.5. The first kappa shape index (κ1) is 29.2. The topological polar surface area (TPSA) is 93.5 Å². The van der Waals surface area contributed by atoms with Crippen molar-refractivity contribution in [2.45, 2.75) is 37.9 Å². The Morgan fingerprint density at radius 3 is 2.45 bits per heavy atom. The number of aryl methyl sites for hydroxylation is 1. The van der Waals surface area contributed by atoms with Gasteiger partial charge in [-0.2, -0.15) is 13.2 Å². The number of methoxy groups -OCH3 is 1. The SMILES string of the molecule is CNC(=O)c1c(-c2ccc(F)cc2)oc2nc(CCC(F)(F)F)c(-c3cccc(C(=O)N[C@@H](COC)C4CC4)c3)cc12. The molecule has 0 aliphatic heterocycles. The van der Waals surface area contributed by atoms with Crippen LogP contribution in [0.25, 0.3) is 33.6 Å². The molecule has 2 aromatic carbocycles. The highest BCUT2D eigenvalue weighted by Gasteiger charge is 2.33. The number of fused-ring (bicyclic) bond motifs is 1. The second-order valence-corrected chi connectivity index (χ2v) is 10.3. The molecular formula is C31H29F4N3O4. The molecule has 1 atom stereocenters. The molecule has 1 aliphatic rings. The lowest BCUT2D eigenvalue weighted by Gasteiger charge is -2.18. The number of nitrogens with zero attached hydrogens (tertiary/aromatic N) is 1. The molecule has 11 heteroatoms. The minimum absolute atomic E-state index is 0.0328. The summed E-state index contributed by atoms with van der Waals surface area (Å²) in [6.45, 7) is 0.372. The summed E-state index contributed by atoms with van der Waals surface area (Å²) in [6.07, 6.45) is -4.02. The Labute approximate surface area is 239 Å². The van der Waals surface area contributed by atoms with Gasteiger partial charge in [-0.15, -0.1) is 0 Å². The molecule has 1 saturated carbocycles. The summed E-state index contributed by atoms with van der Waals surface area (Å²) in [5.74, 6) is -0.878. The van der Waals surface area contributed by atoms with Crippen LogP contribution < -0.4 is 10.6 Å². The van der Waals surface area contributed by atoms with E-state index in [4.69, 9.17) is 9.15 Å². The highest BCUT2D eigenvalue weighted by Crippen LogP contribution is 2.38. The summed E-state index contributed by atoms with van der Waals surface area (Å²) in [6, 6.07) is 13.2. The van der Waals surface area contributed by atoms with Gasteiger partial charge in [0.2, 0.25) is 5.71 Å². The normalized spacial score (nSPS) is 14.1. The number of benzene rings is 2. The number of carbonyl (C=O) groups excluding carboxylic acids is 2. The lowest BCUT2D eigenvalue weighted by atomic mass is 9.96. The van der Waals surface area contributed by atoms with Crippen LogP contribution >= 0.6 is 0 Å². The molecule has 0 bridgehead atoms. The van der Waals surface area contributed by atoms with E-state index in [0.717, 1.165) is 12.8 Å². The molecule has 0 unspecified atom stereocenters. The van der Waals surface area contributed by atoms with E-state index in [1.165, 1.54) is 31.3 Å². The fraction of sp³-hybridized carbons (Fsp3) is 0.323. The van der Waals surface area contributed by atoms with Crippen molar-refractivity contribution in [1.29, 1.82) is 0 Å². The van der Waals surface area contributed by atoms with Gasteiger partial charge in [0, 0.05) is 37.3 Å². The number of halogens is 4. The molecule has 220 valence electrons. The van der Waals surface area contributed by atoms with Crippen LogP contribution in [-0.4, -0.2) is 49.8 Å². The van der Waals surface area contributed by atoms with Crippen molar-refractivity contribution < 1.29 is 36.3 Å². The first-order chi connectivity index (χ1) is 20.1. The van der Waals surface area contributed by atoms with Gasteiger partial charge in [0.25, 0.3) is 11.8 Å². The number of carbonyl (C=O) groups is 2. The van der Waals surface area contributed by atoms with Gasteiger partial charge in [-0.25, -0.2) is 9.37 Å². The number of ether oxygens (including phenoxy) is 1. The molecule has 7 nitrogen and oxygen atoms in total. The molecule has 1 aliphatic carbocycles. The second kappa shape index (κ2) is 11.9. The highest BCUT2D eigenvalue weighted by atomic mass is 19.4. The summed E-state index contributed by atoms with van der Waals surface area (Å²) in [5, 5.41) is 5.82. The van der Waals surface area contributed by atoms with Crippen molar-refractivity contribution in [2.75, 3.05) is 20.8 Å². The van der Waals surface area contributed by atoms with Crippen LogP contribution in [0.5, 0.6) is 0 Å². The van der Waals surface area contributed by atoms with Crippen LogP contribution in [0.2, 0.25) is 0 Å². The number of hydrogen-bond acceptors (Lipinski definition) is 5.